The van der Waals surface area contributed by atoms with Gasteiger partial charge in [0.2, 0.25) is 0 Å². The molecule has 0 heterocycles. The number of benzene rings is 3. The highest BCUT2D eigenvalue weighted by atomic mass is 15.2. The van der Waals surface area contributed by atoms with Gasteiger partial charge >= 0.3 is 0 Å². The Bertz CT molecular complexity index is 2150. The van der Waals surface area contributed by atoms with E-state index < -0.39 is 0 Å². The second kappa shape index (κ2) is 41.5. The van der Waals surface area contributed by atoms with E-state index in [2.05, 4.69) is 420 Å². The zero-order valence-corrected chi connectivity index (χ0v) is 69.1. The Morgan fingerprint density at radius 1 is 0.292 bits per heavy atom. The van der Waals surface area contributed by atoms with Crippen molar-refractivity contribution in [1.82, 2.24) is 24.5 Å². The van der Waals surface area contributed by atoms with Gasteiger partial charge in [0, 0.05) is 101 Å². The molecule has 8 nitrogen and oxygen atoms in total. The molecule has 0 bridgehead atoms. The Morgan fingerprint density at radius 3 is 0.742 bits per heavy atom. The number of aryl methyl sites for hydroxylation is 2. The number of anilines is 3. The van der Waals surface area contributed by atoms with Crippen molar-refractivity contribution < 1.29 is 0 Å². The Kier molecular flexibility index (Phi) is 44.1. The van der Waals surface area contributed by atoms with Crippen molar-refractivity contribution in [2.75, 3.05) is 85.2 Å². The van der Waals surface area contributed by atoms with Gasteiger partial charge in [-0.15, -0.1) is 0 Å². The second-order valence-electron chi connectivity index (χ2n) is 33.7. The first-order valence-corrected chi connectivity index (χ1v) is 34.7. The first-order valence-electron chi connectivity index (χ1n) is 34.7. The molecule has 0 radical (unpaired) electrons. The molecule has 0 aromatic heterocycles. The van der Waals surface area contributed by atoms with Crippen LogP contribution in [0.5, 0.6) is 0 Å². The first kappa shape index (κ1) is 94.6. The van der Waals surface area contributed by atoms with Crippen LogP contribution in [0.3, 0.4) is 0 Å². The van der Waals surface area contributed by atoms with E-state index in [9.17, 15) is 0 Å². The zero-order chi connectivity index (χ0) is 72.2. The average molecular weight is 1250 g/mol. The van der Waals surface area contributed by atoms with E-state index in [1.165, 1.54) is 65.0 Å². The molecule has 0 aliphatic carbocycles. The van der Waals surface area contributed by atoms with Gasteiger partial charge in [0.25, 0.3) is 0 Å². The third kappa shape index (κ3) is 37.4. The fourth-order valence-corrected chi connectivity index (χ4v) is 8.75. The minimum atomic E-state index is 0.147. The fourth-order valence-electron chi connectivity index (χ4n) is 8.75. The van der Waals surface area contributed by atoms with Crippen LogP contribution in [-0.2, 0) is 0 Å². The molecule has 0 spiro atoms. The van der Waals surface area contributed by atoms with Crippen LogP contribution in [0.25, 0.3) is 0 Å². The van der Waals surface area contributed by atoms with Crippen LogP contribution in [-0.4, -0.2) is 157 Å². The highest BCUT2D eigenvalue weighted by Crippen LogP contribution is 2.38. The highest BCUT2D eigenvalue weighted by molar-refractivity contribution is 5.63. The Hall–Kier alpha value is -3.14. The van der Waals surface area contributed by atoms with E-state index in [-0.39, 0.29) is 16.6 Å². The molecule has 526 valence electrons. The van der Waals surface area contributed by atoms with Crippen LogP contribution >= 0.6 is 0 Å². The van der Waals surface area contributed by atoms with Crippen molar-refractivity contribution in [2.45, 2.75) is 349 Å². The van der Waals surface area contributed by atoms with E-state index in [1.807, 2.05) is 6.07 Å². The van der Waals surface area contributed by atoms with Gasteiger partial charge in [-0.25, -0.2) is 0 Å². The summed E-state index contributed by atoms with van der Waals surface area (Å²) in [6, 6.07) is 25.6. The van der Waals surface area contributed by atoms with Crippen molar-refractivity contribution in [3.63, 3.8) is 0 Å². The first-order chi connectivity index (χ1) is 39.7. The number of nitrogens with zero attached hydrogens (tertiary/aromatic N) is 8. The molecule has 0 saturated heterocycles. The van der Waals surface area contributed by atoms with Crippen LogP contribution in [0.4, 0.5) is 17.1 Å². The topological polar surface area (TPSA) is 25.9 Å². The molecule has 0 fully saturated rings. The SMILES string of the molecule is CC(C)N(C)C(C)(C)C.CC(C)N(C)C(C)(C)C.CC(C)c1cccc(C(C)C)c1N(C)C(C)(C)C.CCC(C)(CC)N(C)C.CCC(C)(CC)N(C)C(C)C.CN(C)C(C)(C)C.CN(c1ccccc1)C(C)(C)C.Cc1cccc(C)c1N(C)C(C)(C)C. The minimum Gasteiger partial charge on any atom is -0.370 e. The van der Waals surface area contributed by atoms with Crippen molar-refractivity contribution in [2.24, 2.45) is 0 Å². The summed E-state index contributed by atoms with van der Waals surface area (Å²) in [5.74, 6) is 1.12. The lowest BCUT2D eigenvalue weighted by molar-refractivity contribution is 0.0935. The zero-order valence-electron chi connectivity index (χ0n) is 69.1. The van der Waals surface area contributed by atoms with E-state index in [0.717, 1.165) is 0 Å². The van der Waals surface area contributed by atoms with Gasteiger partial charge in [-0.05, 0) is 315 Å². The molecule has 3 aromatic carbocycles. The normalized spacial score (nSPS) is 12.4. The molecule has 3 aromatic rings. The summed E-state index contributed by atoms with van der Waals surface area (Å²) >= 11 is 0. The molecular weight excluding hydrogens is 1080 g/mol. The maximum Gasteiger partial charge on any atom is 0.0438 e. The summed E-state index contributed by atoms with van der Waals surface area (Å²) in [5, 5.41) is 0. The summed E-state index contributed by atoms with van der Waals surface area (Å²) in [6.45, 7) is 80.5. The molecule has 0 aliphatic rings. The summed E-state index contributed by atoms with van der Waals surface area (Å²) in [6.07, 6.45) is 4.93. The highest BCUT2D eigenvalue weighted by Gasteiger charge is 2.28. The second-order valence-corrected chi connectivity index (χ2v) is 33.7. The van der Waals surface area contributed by atoms with Gasteiger partial charge in [0.15, 0.2) is 0 Å². The summed E-state index contributed by atoms with van der Waals surface area (Å²) < 4.78 is 0. The Labute approximate surface area is 562 Å². The predicted molar refractivity (Wildman–Crippen MR) is 415 cm³/mol. The summed E-state index contributed by atoms with van der Waals surface area (Å²) in [7, 11) is 21.5. The molecule has 0 atom stereocenters. The molecule has 0 unspecified atom stereocenters. The molecule has 89 heavy (non-hydrogen) atoms. The minimum absolute atomic E-state index is 0.147. The maximum atomic E-state index is 2.47. The van der Waals surface area contributed by atoms with Crippen molar-refractivity contribution in [3.8, 4) is 0 Å². The predicted octanol–water partition coefficient (Wildman–Crippen LogP) is 22.3. The average Bonchev–Trinajstić information content (AvgIpc) is 3.40. The van der Waals surface area contributed by atoms with Crippen LogP contribution < -0.4 is 14.7 Å². The van der Waals surface area contributed by atoms with Crippen molar-refractivity contribution >= 4 is 17.1 Å². The van der Waals surface area contributed by atoms with E-state index >= 15 is 0 Å². The molecule has 8 heteroatoms. The van der Waals surface area contributed by atoms with Gasteiger partial charge < -0.3 is 24.5 Å². The maximum absolute atomic E-state index is 2.47. The number of rotatable bonds is 14. The van der Waals surface area contributed by atoms with E-state index in [0.29, 0.717) is 57.7 Å². The van der Waals surface area contributed by atoms with E-state index in [1.54, 1.807) is 0 Å². The standard InChI is InChI=1S/C17H29N.C13H21N.C11H17N.C10H23N.3C8H19N.C6H15N/c1-12(2)14-10-9-11-15(13(3)4)16(14)18(8)17(5,6)7;1-10-8-7-9-11(2)12(10)14(6)13(3,4)5;1-11(2,3)12(4)10-8-6-5-7-9-10;1-7-10(5,8-2)11(6)9(3)4;2*1-7(2)9(6)8(3,4)5;1-6-8(3,7-2)9(4)5;1-6(2,3)7(4)5/h9-13H,1-8H3;7-9H,1-6H3;5-9H,1-4H3;9H,7-8H2,1-6H3;2*7H,1-6H3;6-7H2,1-5H3;1-5H3. The molecule has 0 aliphatic heterocycles. The molecule has 3 rings (SSSR count). The summed E-state index contributed by atoms with van der Waals surface area (Å²) in [5.41, 5.74) is 12.0. The largest absolute Gasteiger partial charge is 0.370 e. The fraction of sp³-hybridized carbons (Fsp3) is 0.778. The van der Waals surface area contributed by atoms with Gasteiger partial charge in [-0.3, -0.25) is 14.7 Å². The molecule has 0 N–H and O–H groups in total. The van der Waals surface area contributed by atoms with Crippen LogP contribution in [0.2, 0.25) is 0 Å². The Morgan fingerprint density at radius 2 is 0.562 bits per heavy atom. The number of para-hydroxylation sites is 3. The van der Waals surface area contributed by atoms with Gasteiger partial charge in [0.1, 0.15) is 0 Å². The summed E-state index contributed by atoms with van der Waals surface area (Å²) in [4.78, 5) is 18.7. The number of hydrogen-bond acceptors (Lipinski definition) is 8. The van der Waals surface area contributed by atoms with Gasteiger partial charge in [-0.1, -0.05) is 110 Å². The Balaban J connectivity index is -0.000000307. The lowest BCUT2D eigenvalue weighted by Gasteiger charge is -2.40. The van der Waals surface area contributed by atoms with Gasteiger partial charge in [-0.2, -0.15) is 0 Å². The lowest BCUT2D eigenvalue weighted by Crippen LogP contribution is -2.46. The van der Waals surface area contributed by atoms with Crippen LogP contribution in [0.15, 0.2) is 66.7 Å². The van der Waals surface area contributed by atoms with Crippen molar-refractivity contribution in [1.29, 1.82) is 0 Å². The third-order valence-corrected chi connectivity index (χ3v) is 19.4. The smallest absolute Gasteiger partial charge is 0.0438 e. The monoisotopic (exact) mass is 1250 g/mol. The molecular formula is C81H162N8. The van der Waals surface area contributed by atoms with Gasteiger partial charge in [0.05, 0.1) is 0 Å². The molecule has 0 amide bonds. The van der Waals surface area contributed by atoms with E-state index in [4.69, 9.17) is 0 Å². The third-order valence-electron chi connectivity index (χ3n) is 19.4. The van der Waals surface area contributed by atoms with Crippen LogP contribution in [0.1, 0.15) is 295 Å². The van der Waals surface area contributed by atoms with Crippen LogP contribution in [0, 0.1) is 13.8 Å². The van der Waals surface area contributed by atoms with Crippen molar-refractivity contribution in [3.05, 3.63) is 89.0 Å². The number of hydrogen-bond donors (Lipinski definition) is 0. The molecule has 0 saturated carbocycles. The lowest BCUT2D eigenvalue weighted by atomic mass is 9.90. The quantitative estimate of drug-likeness (QED) is 0.158.